The summed E-state index contributed by atoms with van der Waals surface area (Å²) in [7, 11) is 0. The molecule has 3 nitrogen and oxygen atoms in total. The number of nitrogens with zero attached hydrogens (tertiary/aromatic N) is 1. The van der Waals surface area contributed by atoms with Crippen molar-refractivity contribution in [1.82, 2.24) is 4.90 Å². The molecule has 0 aromatic heterocycles. The SMILES string of the molecule is CC1CN(Cc2cc(CN)ccc2F)CCO1. The molecule has 0 aliphatic carbocycles. The van der Waals surface area contributed by atoms with Crippen LogP contribution in [-0.2, 0) is 17.8 Å². The molecule has 2 rings (SSSR count). The van der Waals surface area contributed by atoms with E-state index in [1.165, 1.54) is 6.07 Å². The number of morpholine rings is 1. The summed E-state index contributed by atoms with van der Waals surface area (Å²) in [6.07, 6.45) is 0.226. The number of ether oxygens (including phenoxy) is 1. The van der Waals surface area contributed by atoms with Crippen LogP contribution in [-0.4, -0.2) is 30.7 Å². The Kier molecular flexibility index (Phi) is 4.10. The second-order valence-electron chi connectivity index (χ2n) is 4.55. The second-order valence-corrected chi connectivity index (χ2v) is 4.55. The van der Waals surface area contributed by atoms with E-state index in [1.54, 1.807) is 6.07 Å². The average Bonchev–Trinajstić information content (AvgIpc) is 2.32. The zero-order chi connectivity index (χ0) is 12.3. The van der Waals surface area contributed by atoms with E-state index in [4.69, 9.17) is 10.5 Å². The van der Waals surface area contributed by atoms with Crippen molar-refractivity contribution in [3.8, 4) is 0 Å². The molecule has 1 aromatic carbocycles. The van der Waals surface area contributed by atoms with E-state index in [1.807, 2.05) is 13.0 Å². The Bertz CT molecular complexity index is 384. The highest BCUT2D eigenvalue weighted by molar-refractivity contribution is 5.25. The standard InChI is InChI=1S/C13H19FN2O/c1-10-8-16(4-5-17-10)9-12-6-11(7-15)2-3-13(12)14/h2-3,6,10H,4-5,7-9,15H2,1H3. The van der Waals surface area contributed by atoms with E-state index in [-0.39, 0.29) is 11.9 Å². The summed E-state index contributed by atoms with van der Waals surface area (Å²) in [4.78, 5) is 2.22. The van der Waals surface area contributed by atoms with E-state index < -0.39 is 0 Å². The van der Waals surface area contributed by atoms with Crippen LogP contribution in [0.1, 0.15) is 18.1 Å². The molecule has 0 radical (unpaired) electrons. The summed E-state index contributed by atoms with van der Waals surface area (Å²) >= 11 is 0. The van der Waals surface area contributed by atoms with Crippen LogP contribution in [0.5, 0.6) is 0 Å². The van der Waals surface area contributed by atoms with E-state index in [0.29, 0.717) is 13.1 Å². The van der Waals surface area contributed by atoms with Crippen molar-refractivity contribution in [2.24, 2.45) is 5.73 Å². The third-order valence-corrected chi connectivity index (χ3v) is 3.06. The van der Waals surface area contributed by atoms with Crippen molar-refractivity contribution >= 4 is 0 Å². The molecule has 0 bridgehead atoms. The molecule has 1 aliphatic heterocycles. The van der Waals surface area contributed by atoms with Crippen LogP contribution in [0, 0.1) is 5.82 Å². The first-order valence-electron chi connectivity index (χ1n) is 6.00. The lowest BCUT2D eigenvalue weighted by Crippen LogP contribution is -2.40. The Morgan fingerprint density at radius 3 is 3.06 bits per heavy atom. The smallest absolute Gasteiger partial charge is 0.127 e. The normalized spacial score (nSPS) is 21.7. The van der Waals surface area contributed by atoms with E-state index in [0.717, 1.165) is 30.8 Å². The van der Waals surface area contributed by atoms with Gasteiger partial charge in [0.2, 0.25) is 0 Å². The van der Waals surface area contributed by atoms with Gasteiger partial charge < -0.3 is 10.5 Å². The molecule has 0 spiro atoms. The summed E-state index contributed by atoms with van der Waals surface area (Å²) < 4.78 is 19.1. The van der Waals surface area contributed by atoms with E-state index >= 15 is 0 Å². The van der Waals surface area contributed by atoms with Gasteiger partial charge in [0.15, 0.2) is 0 Å². The monoisotopic (exact) mass is 238 g/mol. The maximum absolute atomic E-state index is 13.7. The van der Waals surface area contributed by atoms with Gasteiger partial charge in [-0.25, -0.2) is 4.39 Å². The molecule has 17 heavy (non-hydrogen) atoms. The lowest BCUT2D eigenvalue weighted by Gasteiger charge is -2.31. The van der Waals surface area contributed by atoms with Crippen LogP contribution in [0.25, 0.3) is 0 Å². The maximum atomic E-state index is 13.7. The third-order valence-electron chi connectivity index (χ3n) is 3.06. The highest BCUT2D eigenvalue weighted by atomic mass is 19.1. The van der Waals surface area contributed by atoms with Crippen LogP contribution >= 0.6 is 0 Å². The Morgan fingerprint density at radius 1 is 1.53 bits per heavy atom. The predicted octanol–water partition coefficient (Wildman–Crippen LogP) is 1.51. The molecular weight excluding hydrogens is 219 g/mol. The molecule has 1 saturated heterocycles. The largest absolute Gasteiger partial charge is 0.376 e. The summed E-state index contributed by atoms with van der Waals surface area (Å²) in [5, 5.41) is 0. The molecule has 0 saturated carbocycles. The second kappa shape index (κ2) is 5.58. The fraction of sp³-hybridized carbons (Fsp3) is 0.538. The quantitative estimate of drug-likeness (QED) is 0.867. The van der Waals surface area contributed by atoms with Gasteiger partial charge in [0.25, 0.3) is 0 Å². The number of nitrogens with two attached hydrogens (primary N) is 1. The minimum Gasteiger partial charge on any atom is -0.376 e. The Hall–Kier alpha value is -0.970. The predicted molar refractivity (Wildman–Crippen MR) is 65.0 cm³/mol. The molecule has 1 aromatic rings. The number of benzene rings is 1. The fourth-order valence-electron chi connectivity index (χ4n) is 2.15. The van der Waals surface area contributed by atoms with Gasteiger partial charge in [-0.05, 0) is 18.6 Å². The molecule has 94 valence electrons. The minimum absolute atomic E-state index is 0.152. The molecule has 2 N–H and O–H groups in total. The Morgan fingerprint density at radius 2 is 2.35 bits per heavy atom. The van der Waals surface area contributed by atoms with Crippen molar-refractivity contribution in [3.63, 3.8) is 0 Å². The van der Waals surface area contributed by atoms with Gasteiger partial charge in [-0.3, -0.25) is 4.90 Å². The highest BCUT2D eigenvalue weighted by Crippen LogP contribution is 2.15. The molecule has 1 heterocycles. The van der Waals surface area contributed by atoms with Crippen LogP contribution in [0.3, 0.4) is 0 Å². The number of halogens is 1. The van der Waals surface area contributed by atoms with Crippen molar-refractivity contribution in [2.45, 2.75) is 26.1 Å². The zero-order valence-electron chi connectivity index (χ0n) is 10.2. The number of hydrogen-bond acceptors (Lipinski definition) is 3. The van der Waals surface area contributed by atoms with Crippen molar-refractivity contribution in [1.29, 1.82) is 0 Å². The van der Waals surface area contributed by atoms with Crippen LogP contribution < -0.4 is 5.73 Å². The topological polar surface area (TPSA) is 38.5 Å². The van der Waals surface area contributed by atoms with Gasteiger partial charge in [-0.1, -0.05) is 12.1 Å². The lowest BCUT2D eigenvalue weighted by atomic mass is 10.1. The average molecular weight is 238 g/mol. The third kappa shape index (κ3) is 3.25. The van der Waals surface area contributed by atoms with Crippen molar-refractivity contribution in [3.05, 3.63) is 35.1 Å². The highest BCUT2D eigenvalue weighted by Gasteiger charge is 2.17. The lowest BCUT2D eigenvalue weighted by molar-refractivity contribution is -0.0215. The summed E-state index contributed by atoms with van der Waals surface area (Å²) in [5.74, 6) is -0.152. The van der Waals surface area contributed by atoms with Crippen molar-refractivity contribution < 1.29 is 9.13 Å². The first-order chi connectivity index (χ1) is 8.19. The number of rotatable bonds is 3. The van der Waals surface area contributed by atoms with E-state index in [2.05, 4.69) is 4.90 Å². The minimum atomic E-state index is -0.152. The van der Waals surface area contributed by atoms with Gasteiger partial charge in [-0.15, -0.1) is 0 Å². The Balaban J connectivity index is 2.06. The molecule has 1 unspecified atom stereocenters. The van der Waals surface area contributed by atoms with E-state index in [9.17, 15) is 4.39 Å². The Labute approximate surface area is 101 Å². The summed E-state index contributed by atoms with van der Waals surface area (Å²) in [5.41, 5.74) is 7.27. The molecule has 4 heteroatoms. The van der Waals surface area contributed by atoms with Crippen LogP contribution in [0.15, 0.2) is 18.2 Å². The van der Waals surface area contributed by atoms with Gasteiger partial charge in [0.1, 0.15) is 5.82 Å². The summed E-state index contributed by atoms with van der Waals surface area (Å²) in [6.45, 7) is 5.56. The van der Waals surface area contributed by atoms with Crippen LogP contribution in [0.4, 0.5) is 4.39 Å². The fourth-order valence-corrected chi connectivity index (χ4v) is 2.15. The first-order valence-corrected chi connectivity index (χ1v) is 6.00. The van der Waals surface area contributed by atoms with Crippen molar-refractivity contribution in [2.75, 3.05) is 19.7 Å². The molecular formula is C13H19FN2O. The van der Waals surface area contributed by atoms with Gasteiger partial charge >= 0.3 is 0 Å². The zero-order valence-corrected chi connectivity index (χ0v) is 10.2. The molecule has 1 aliphatic rings. The molecule has 0 amide bonds. The molecule has 1 atom stereocenters. The van der Waals surface area contributed by atoms with Gasteiger partial charge in [-0.2, -0.15) is 0 Å². The maximum Gasteiger partial charge on any atom is 0.127 e. The first kappa shape index (κ1) is 12.5. The summed E-state index contributed by atoms with van der Waals surface area (Å²) in [6, 6.07) is 5.09. The number of hydrogen-bond donors (Lipinski definition) is 1. The van der Waals surface area contributed by atoms with Gasteiger partial charge in [0.05, 0.1) is 12.7 Å². The van der Waals surface area contributed by atoms with Crippen LogP contribution in [0.2, 0.25) is 0 Å². The molecule has 1 fully saturated rings. The van der Waals surface area contributed by atoms with Gasteiger partial charge in [0, 0.05) is 31.7 Å².